The Balaban J connectivity index is 1.55. The summed E-state index contributed by atoms with van der Waals surface area (Å²) in [5.41, 5.74) is 4.12. The minimum Gasteiger partial charge on any atom is -0.493 e. The van der Waals surface area contributed by atoms with Crippen LogP contribution in [0.25, 0.3) is 11.3 Å². The Bertz CT molecular complexity index is 1070. The largest absolute Gasteiger partial charge is 0.493 e. The van der Waals surface area contributed by atoms with Crippen LogP contribution in [0.1, 0.15) is 73.4 Å². The van der Waals surface area contributed by atoms with E-state index < -0.39 is 5.97 Å². The molecule has 0 N–H and O–H groups in total. The molecule has 5 rings (SSSR count). The number of fused-ring (bicyclic) bond motifs is 4. The van der Waals surface area contributed by atoms with Gasteiger partial charge < -0.3 is 14.0 Å². The van der Waals surface area contributed by atoms with Gasteiger partial charge in [-0.2, -0.15) is 0 Å². The predicted octanol–water partition coefficient (Wildman–Crippen LogP) is 5.00. The molecule has 2 fully saturated rings. The first-order valence-electron chi connectivity index (χ1n) is 11.7. The number of nitrogens with zero attached hydrogens (tertiary/aromatic N) is 1. The van der Waals surface area contributed by atoms with E-state index in [0.29, 0.717) is 5.92 Å². The number of benzene rings is 1. The lowest BCUT2D eigenvalue weighted by Crippen LogP contribution is -2.46. The Morgan fingerprint density at radius 3 is 2.61 bits per heavy atom. The van der Waals surface area contributed by atoms with Crippen LogP contribution in [0.3, 0.4) is 0 Å². The number of rotatable bonds is 5. The maximum absolute atomic E-state index is 12.8. The van der Waals surface area contributed by atoms with Crippen LogP contribution in [-0.4, -0.2) is 23.8 Å². The Morgan fingerprint density at radius 1 is 1.16 bits per heavy atom. The monoisotopic (exact) mass is 421 g/mol. The number of hydrogen-bond donors (Lipinski definition) is 0. The van der Waals surface area contributed by atoms with Gasteiger partial charge in [-0.25, -0.2) is 4.79 Å². The van der Waals surface area contributed by atoms with E-state index in [9.17, 15) is 9.59 Å². The highest BCUT2D eigenvalue weighted by molar-refractivity contribution is 5.89. The Hall–Kier alpha value is -2.56. The van der Waals surface area contributed by atoms with Crippen LogP contribution in [0.4, 0.5) is 0 Å². The molecule has 2 saturated carbocycles. The van der Waals surface area contributed by atoms with E-state index in [2.05, 4.69) is 23.6 Å². The number of aromatic nitrogens is 1. The molecule has 5 heteroatoms. The number of ether oxygens (including phenoxy) is 2. The van der Waals surface area contributed by atoms with E-state index >= 15 is 0 Å². The lowest BCUT2D eigenvalue weighted by atomic mass is 9.69. The normalized spacial score (nSPS) is 18.9. The van der Waals surface area contributed by atoms with Crippen LogP contribution < -0.4 is 10.2 Å². The molecule has 5 nitrogen and oxygen atoms in total. The van der Waals surface area contributed by atoms with Crippen molar-refractivity contribution in [3.05, 3.63) is 51.3 Å². The van der Waals surface area contributed by atoms with Crippen LogP contribution in [0, 0.1) is 12.8 Å². The summed E-state index contributed by atoms with van der Waals surface area (Å²) in [5.74, 6) is 1.11. The molecule has 0 amide bonds. The molecule has 164 valence electrons. The highest BCUT2D eigenvalue weighted by Crippen LogP contribution is 2.49. The van der Waals surface area contributed by atoms with E-state index in [1.165, 1.54) is 31.2 Å². The van der Waals surface area contributed by atoms with Gasteiger partial charge in [0.15, 0.2) is 5.43 Å². The lowest BCUT2D eigenvalue weighted by Gasteiger charge is -2.49. The average Bonchev–Trinajstić information content (AvgIpc) is 3.24. The van der Waals surface area contributed by atoms with Crippen molar-refractivity contribution in [2.75, 3.05) is 13.2 Å². The molecule has 31 heavy (non-hydrogen) atoms. The van der Waals surface area contributed by atoms with E-state index in [4.69, 9.17) is 9.47 Å². The summed E-state index contributed by atoms with van der Waals surface area (Å²) in [5, 5.41) is 0. The van der Waals surface area contributed by atoms with Gasteiger partial charge in [0, 0.05) is 23.4 Å². The van der Waals surface area contributed by atoms with Crippen LogP contribution in [0.15, 0.2) is 29.2 Å². The topological polar surface area (TPSA) is 57.5 Å². The van der Waals surface area contributed by atoms with Crippen LogP contribution in [0.5, 0.6) is 5.75 Å². The standard InChI is InChI=1S/C26H31NO4/c1-3-30-25(29)21-15-27-22(13-23(21)28)20-11-17(2)24(31-16-18-7-4-5-8-18)12-19(20)14-26(27)9-6-10-26/h11-13,15,18H,3-10,14,16H2,1-2H3. The summed E-state index contributed by atoms with van der Waals surface area (Å²) in [7, 11) is 0. The molecule has 3 aliphatic rings. The van der Waals surface area contributed by atoms with Crippen LogP contribution >= 0.6 is 0 Å². The molecule has 0 saturated heterocycles. The van der Waals surface area contributed by atoms with Crippen LogP contribution in [-0.2, 0) is 16.7 Å². The minimum absolute atomic E-state index is 0.0603. The number of carbonyl (C=O) groups excluding carboxylic acids is 1. The number of esters is 1. The third-order valence-corrected chi connectivity index (χ3v) is 7.49. The molecule has 1 spiro atoms. The lowest BCUT2D eigenvalue weighted by molar-refractivity contribution is 0.0521. The summed E-state index contributed by atoms with van der Waals surface area (Å²) >= 11 is 0. The van der Waals surface area contributed by atoms with Crippen molar-refractivity contribution in [1.82, 2.24) is 4.57 Å². The molecule has 1 aromatic heterocycles. The zero-order valence-electron chi connectivity index (χ0n) is 18.5. The predicted molar refractivity (Wildman–Crippen MR) is 120 cm³/mol. The van der Waals surface area contributed by atoms with Crippen molar-refractivity contribution in [3.8, 4) is 17.0 Å². The maximum atomic E-state index is 12.8. The Kier molecular flexibility index (Phi) is 5.15. The van der Waals surface area contributed by atoms with Gasteiger partial charge in [-0.15, -0.1) is 0 Å². The zero-order chi connectivity index (χ0) is 21.6. The average molecular weight is 422 g/mol. The summed E-state index contributed by atoms with van der Waals surface area (Å²) in [6.45, 7) is 4.89. The number of carbonyl (C=O) groups is 1. The molecular formula is C26H31NO4. The molecule has 2 heterocycles. The third kappa shape index (κ3) is 3.48. The molecule has 2 aliphatic carbocycles. The van der Waals surface area contributed by atoms with Gasteiger partial charge in [0.05, 0.1) is 18.9 Å². The minimum atomic E-state index is -0.532. The van der Waals surface area contributed by atoms with Gasteiger partial charge in [0.2, 0.25) is 0 Å². The molecular weight excluding hydrogens is 390 g/mol. The maximum Gasteiger partial charge on any atom is 0.343 e. The van der Waals surface area contributed by atoms with Crippen molar-refractivity contribution < 1.29 is 14.3 Å². The molecule has 0 bridgehead atoms. The first kappa shape index (κ1) is 20.3. The summed E-state index contributed by atoms with van der Waals surface area (Å²) in [4.78, 5) is 25.1. The second-order valence-corrected chi connectivity index (χ2v) is 9.52. The van der Waals surface area contributed by atoms with Crippen molar-refractivity contribution in [1.29, 1.82) is 0 Å². The summed E-state index contributed by atoms with van der Waals surface area (Å²) < 4.78 is 13.6. The van der Waals surface area contributed by atoms with E-state index in [1.807, 2.05) is 0 Å². The Labute approximate surface area is 183 Å². The van der Waals surface area contributed by atoms with E-state index in [0.717, 1.165) is 54.9 Å². The van der Waals surface area contributed by atoms with E-state index in [-0.39, 0.29) is 23.1 Å². The summed E-state index contributed by atoms with van der Waals surface area (Å²) in [6.07, 6.45) is 11.1. The molecule has 1 aliphatic heterocycles. The molecule has 0 radical (unpaired) electrons. The van der Waals surface area contributed by atoms with Crippen molar-refractivity contribution in [2.24, 2.45) is 5.92 Å². The van der Waals surface area contributed by atoms with E-state index in [1.54, 1.807) is 19.2 Å². The molecule has 2 aromatic rings. The van der Waals surface area contributed by atoms with Crippen molar-refractivity contribution >= 4 is 5.97 Å². The second-order valence-electron chi connectivity index (χ2n) is 9.52. The SMILES string of the molecule is CCOC(=O)c1cn2c(cc1=O)-c1cc(C)c(OCC3CCCC3)cc1CC21CCC1. The fraction of sp³-hybridized carbons (Fsp3) is 0.538. The van der Waals surface area contributed by atoms with Crippen molar-refractivity contribution in [3.63, 3.8) is 0 Å². The highest BCUT2D eigenvalue weighted by Gasteiger charge is 2.43. The molecule has 1 aromatic carbocycles. The van der Waals surface area contributed by atoms with Gasteiger partial charge in [-0.05, 0) is 81.5 Å². The molecule has 0 unspecified atom stereocenters. The smallest absolute Gasteiger partial charge is 0.343 e. The highest BCUT2D eigenvalue weighted by atomic mass is 16.5. The number of aryl methyl sites for hydroxylation is 1. The van der Waals surface area contributed by atoms with Gasteiger partial charge in [-0.3, -0.25) is 4.79 Å². The van der Waals surface area contributed by atoms with Gasteiger partial charge in [-0.1, -0.05) is 12.8 Å². The van der Waals surface area contributed by atoms with Crippen LogP contribution in [0.2, 0.25) is 0 Å². The first-order valence-corrected chi connectivity index (χ1v) is 11.7. The van der Waals surface area contributed by atoms with Gasteiger partial charge in [0.1, 0.15) is 11.3 Å². The fourth-order valence-corrected chi connectivity index (χ4v) is 5.59. The molecule has 0 atom stereocenters. The fourth-order valence-electron chi connectivity index (χ4n) is 5.59. The van der Waals surface area contributed by atoms with Gasteiger partial charge >= 0.3 is 5.97 Å². The number of pyridine rings is 1. The second kappa shape index (κ2) is 7.85. The van der Waals surface area contributed by atoms with Crippen molar-refractivity contribution in [2.45, 2.75) is 70.8 Å². The quantitative estimate of drug-likeness (QED) is 0.637. The van der Waals surface area contributed by atoms with Gasteiger partial charge in [0.25, 0.3) is 0 Å². The number of hydrogen-bond acceptors (Lipinski definition) is 4. The summed E-state index contributed by atoms with van der Waals surface area (Å²) in [6, 6.07) is 5.98. The Morgan fingerprint density at radius 2 is 1.94 bits per heavy atom. The zero-order valence-corrected chi connectivity index (χ0v) is 18.5. The first-order chi connectivity index (χ1) is 15.0. The third-order valence-electron chi connectivity index (χ3n) is 7.49.